The van der Waals surface area contributed by atoms with Crippen LogP contribution in [0.25, 0.3) is 0 Å². The van der Waals surface area contributed by atoms with Crippen molar-refractivity contribution < 1.29 is 23.9 Å². The fraction of sp³-hybridized carbons (Fsp3) is 0.400. The summed E-state index contributed by atoms with van der Waals surface area (Å²) in [7, 11) is 0. The van der Waals surface area contributed by atoms with Crippen LogP contribution in [0.2, 0.25) is 0 Å². The summed E-state index contributed by atoms with van der Waals surface area (Å²) < 4.78 is 10.6. The molecule has 0 radical (unpaired) electrons. The molecule has 9 heteroatoms. The van der Waals surface area contributed by atoms with Gasteiger partial charge >= 0.3 is 5.97 Å². The summed E-state index contributed by atoms with van der Waals surface area (Å²) in [6.45, 7) is 1.66. The summed E-state index contributed by atoms with van der Waals surface area (Å²) in [5, 5.41) is 3.31. The molecule has 0 saturated carbocycles. The number of carbonyl (C=O) groups is 3. The molecule has 2 aromatic heterocycles. The maximum absolute atomic E-state index is 12.8. The minimum absolute atomic E-state index is 0.145. The highest BCUT2D eigenvalue weighted by atomic mass is 32.1. The third-order valence-corrected chi connectivity index (χ3v) is 6.07. The largest absolute Gasteiger partial charge is 0.480 e. The summed E-state index contributed by atoms with van der Waals surface area (Å²) in [6, 6.07) is 3.40. The molecule has 0 fully saturated rings. The Morgan fingerprint density at radius 3 is 3.00 bits per heavy atom. The zero-order valence-corrected chi connectivity index (χ0v) is 16.8. The van der Waals surface area contributed by atoms with Gasteiger partial charge < -0.3 is 14.8 Å². The Morgan fingerprint density at radius 1 is 1.34 bits per heavy atom. The first-order valence-corrected chi connectivity index (χ1v) is 10.4. The van der Waals surface area contributed by atoms with Crippen molar-refractivity contribution in [2.45, 2.75) is 32.6 Å². The predicted molar refractivity (Wildman–Crippen MR) is 108 cm³/mol. The molecule has 0 atom stereocenters. The molecular formula is C20H21N3O5S. The highest BCUT2D eigenvalue weighted by Gasteiger charge is 2.31. The molecule has 1 aliphatic carbocycles. The highest BCUT2D eigenvalue weighted by molar-refractivity contribution is 7.17. The van der Waals surface area contributed by atoms with Crippen molar-refractivity contribution in [3.63, 3.8) is 0 Å². The van der Waals surface area contributed by atoms with Gasteiger partial charge in [0.05, 0.1) is 12.2 Å². The van der Waals surface area contributed by atoms with E-state index < -0.39 is 11.9 Å². The number of rotatable bonds is 5. The third-order valence-electron chi connectivity index (χ3n) is 4.86. The zero-order chi connectivity index (χ0) is 20.4. The van der Waals surface area contributed by atoms with Crippen LogP contribution in [0.4, 0.5) is 10.8 Å². The summed E-state index contributed by atoms with van der Waals surface area (Å²) in [5.41, 5.74) is 1.43. The number of ether oxygens (including phenoxy) is 2. The average Bonchev–Trinajstić information content (AvgIpc) is 3.08. The van der Waals surface area contributed by atoms with Crippen molar-refractivity contribution in [1.82, 2.24) is 4.98 Å². The lowest BCUT2D eigenvalue weighted by Gasteiger charge is -2.27. The van der Waals surface area contributed by atoms with E-state index in [-0.39, 0.29) is 25.7 Å². The Labute approximate surface area is 171 Å². The minimum atomic E-state index is -0.420. The number of amides is 2. The fourth-order valence-electron chi connectivity index (χ4n) is 3.58. The Balaban J connectivity index is 1.57. The quantitative estimate of drug-likeness (QED) is 0.754. The normalized spacial score (nSPS) is 15.2. The van der Waals surface area contributed by atoms with Crippen molar-refractivity contribution in [1.29, 1.82) is 0 Å². The van der Waals surface area contributed by atoms with E-state index in [2.05, 4.69) is 10.3 Å². The number of pyridine rings is 1. The van der Waals surface area contributed by atoms with E-state index in [0.29, 0.717) is 22.1 Å². The van der Waals surface area contributed by atoms with Gasteiger partial charge in [-0.05, 0) is 50.3 Å². The number of nitrogens with one attached hydrogen (secondary N) is 1. The number of aryl methyl sites for hydroxylation is 1. The summed E-state index contributed by atoms with van der Waals surface area (Å²) in [5.74, 6) is -0.395. The molecule has 1 aliphatic heterocycles. The Morgan fingerprint density at radius 2 is 2.17 bits per heavy atom. The van der Waals surface area contributed by atoms with Gasteiger partial charge in [0.25, 0.3) is 5.91 Å². The Kier molecular flexibility index (Phi) is 5.48. The standard InChI is InChI=1S/C20H21N3O5S/c1-2-27-20(26)17-12-6-3-4-8-14(12)29-19(17)22-15(24)10-23-16(25)11-28-13-7-5-9-21-18(13)23/h5,7,9H,2-4,6,8,10-11H2,1H3,(H,22,24). The van der Waals surface area contributed by atoms with Crippen LogP contribution < -0.4 is 15.0 Å². The topological polar surface area (TPSA) is 97.8 Å². The Bertz CT molecular complexity index is 971. The number of carbonyl (C=O) groups excluding carboxylic acids is 3. The van der Waals surface area contributed by atoms with Gasteiger partial charge in [0.15, 0.2) is 18.2 Å². The van der Waals surface area contributed by atoms with Crippen LogP contribution in [0.1, 0.15) is 40.6 Å². The summed E-state index contributed by atoms with van der Waals surface area (Å²) in [4.78, 5) is 44.1. The first-order valence-electron chi connectivity index (χ1n) is 9.58. The molecule has 2 amide bonds. The molecule has 0 aromatic carbocycles. The van der Waals surface area contributed by atoms with Crippen LogP contribution in [0.3, 0.4) is 0 Å². The first kappa shape index (κ1) is 19.4. The second-order valence-corrected chi connectivity index (χ2v) is 7.88. The molecular weight excluding hydrogens is 394 g/mol. The third kappa shape index (κ3) is 3.82. The van der Waals surface area contributed by atoms with Crippen molar-refractivity contribution in [3.05, 3.63) is 34.3 Å². The molecule has 2 aromatic rings. The molecule has 29 heavy (non-hydrogen) atoms. The van der Waals surface area contributed by atoms with Crippen molar-refractivity contribution >= 4 is 39.9 Å². The molecule has 0 unspecified atom stereocenters. The molecule has 1 N–H and O–H groups in total. The molecule has 3 heterocycles. The number of thiophene rings is 1. The lowest BCUT2D eigenvalue weighted by molar-refractivity contribution is -0.123. The van der Waals surface area contributed by atoms with Gasteiger partial charge in [-0.3, -0.25) is 14.5 Å². The van der Waals surface area contributed by atoms with Crippen LogP contribution in [0, 0.1) is 0 Å². The van der Waals surface area contributed by atoms with Crippen LogP contribution in [0.5, 0.6) is 5.75 Å². The van der Waals surface area contributed by atoms with Crippen molar-refractivity contribution in [2.75, 3.05) is 30.0 Å². The van der Waals surface area contributed by atoms with Gasteiger partial charge in [-0.15, -0.1) is 11.3 Å². The number of esters is 1. The van der Waals surface area contributed by atoms with Gasteiger partial charge in [0.2, 0.25) is 5.91 Å². The maximum Gasteiger partial charge on any atom is 0.341 e. The maximum atomic E-state index is 12.8. The smallest absolute Gasteiger partial charge is 0.341 e. The average molecular weight is 415 g/mol. The number of hydrogen-bond acceptors (Lipinski definition) is 7. The molecule has 8 nitrogen and oxygen atoms in total. The molecule has 152 valence electrons. The van der Waals surface area contributed by atoms with Crippen molar-refractivity contribution in [3.8, 4) is 5.75 Å². The van der Waals surface area contributed by atoms with Gasteiger partial charge in [0, 0.05) is 11.1 Å². The molecule has 0 saturated heterocycles. The van der Waals surface area contributed by atoms with E-state index in [1.807, 2.05) is 0 Å². The summed E-state index contributed by atoms with van der Waals surface area (Å²) >= 11 is 1.42. The summed E-state index contributed by atoms with van der Waals surface area (Å²) in [6.07, 6.45) is 5.30. The number of nitrogens with zero attached hydrogens (tertiary/aromatic N) is 2. The number of fused-ring (bicyclic) bond motifs is 2. The van der Waals surface area contributed by atoms with Gasteiger partial charge in [-0.25, -0.2) is 9.78 Å². The van der Waals surface area contributed by atoms with Crippen LogP contribution in [-0.4, -0.2) is 42.5 Å². The number of anilines is 2. The van der Waals surface area contributed by atoms with Crippen molar-refractivity contribution in [2.24, 2.45) is 0 Å². The van der Waals surface area contributed by atoms with E-state index in [0.717, 1.165) is 36.1 Å². The second kappa shape index (κ2) is 8.20. The second-order valence-electron chi connectivity index (χ2n) is 6.78. The van der Waals surface area contributed by atoms with E-state index in [4.69, 9.17) is 9.47 Å². The van der Waals surface area contributed by atoms with Crippen LogP contribution >= 0.6 is 11.3 Å². The van der Waals surface area contributed by atoms with Gasteiger partial charge in [-0.2, -0.15) is 0 Å². The van der Waals surface area contributed by atoms with Crippen LogP contribution in [-0.2, 0) is 27.2 Å². The van der Waals surface area contributed by atoms with E-state index in [9.17, 15) is 14.4 Å². The molecule has 0 spiro atoms. The number of hydrogen-bond donors (Lipinski definition) is 1. The molecule has 2 aliphatic rings. The predicted octanol–water partition coefficient (Wildman–Crippen LogP) is 2.56. The zero-order valence-electron chi connectivity index (χ0n) is 16.0. The monoisotopic (exact) mass is 415 g/mol. The first-order chi connectivity index (χ1) is 14.1. The van der Waals surface area contributed by atoms with E-state index in [1.54, 1.807) is 19.1 Å². The highest BCUT2D eigenvalue weighted by Crippen LogP contribution is 2.38. The SMILES string of the molecule is CCOC(=O)c1c(NC(=O)CN2C(=O)COc3cccnc32)sc2c1CCCC2. The molecule has 4 rings (SSSR count). The number of aromatic nitrogens is 1. The van der Waals surface area contributed by atoms with Crippen LogP contribution in [0.15, 0.2) is 18.3 Å². The lowest BCUT2D eigenvalue weighted by Crippen LogP contribution is -2.44. The molecule has 0 bridgehead atoms. The van der Waals surface area contributed by atoms with E-state index >= 15 is 0 Å². The minimum Gasteiger partial charge on any atom is -0.480 e. The van der Waals surface area contributed by atoms with Gasteiger partial charge in [0.1, 0.15) is 11.5 Å². The Hall–Kier alpha value is -2.94. The fourth-order valence-corrected chi connectivity index (χ4v) is 4.87. The lowest BCUT2D eigenvalue weighted by atomic mass is 9.95. The van der Waals surface area contributed by atoms with E-state index in [1.165, 1.54) is 22.4 Å². The van der Waals surface area contributed by atoms with Gasteiger partial charge in [-0.1, -0.05) is 0 Å².